The van der Waals surface area contributed by atoms with Gasteiger partial charge in [0.25, 0.3) is 0 Å². The quantitative estimate of drug-likeness (QED) is 0.326. The molecular formula is C29H29N7O. The Labute approximate surface area is 215 Å². The van der Waals surface area contributed by atoms with Crippen molar-refractivity contribution in [3.63, 3.8) is 0 Å². The van der Waals surface area contributed by atoms with Gasteiger partial charge in [0.15, 0.2) is 0 Å². The molecule has 4 heterocycles. The number of piperidine rings is 1. The first-order valence-electron chi connectivity index (χ1n) is 12.6. The molecule has 37 heavy (non-hydrogen) atoms. The summed E-state index contributed by atoms with van der Waals surface area (Å²) in [5.41, 5.74) is 4.70. The van der Waals surface area contributed by atoms with Gasteiger partial charge >= 0.3 is 0 Å². The van der Waals surface area contributed by atoms with Crippen LogP contribution in [0.1, 0.15) is 24.0 Å². The number of ether oxygens (including phenoxy) is 1. The monoisotopic (exact) mass is 491 g/mol. The van der Waals surface area contributed by atoms with Crippen LogP contribution in [0.3, 0.4) is 0 Å². The van der Waals surface area contributed by atoms with Crippen molar-refractivity contribution in [2.45, 2.75) is 32.7 Å². The number of fused-ring (bicyclic) bond motifs is 1. The van der Waals surface area contributed by atoms with Gasteiger partial charge in [-0.05, 0) is 68.6 Å². The molecule has 0 bridgehead atoms. The fourth-order valence-corrected chi connectivity index (χ4v) is 4.80. The highest BCUT2D eigenvalue weighted by Gasteiger charge is 2.17. The summed E-state index contributed by atoms with van der Waals surface area (Å²) in [5, 5.41) is 13.4. The predicted octanol–water partition coefficient (Wildman–Crippen LogP) is 5.45. The molecule has 2 N–H and O–H groups in total. The number of aromatic nitrogens is 5. The van der Waals surface area contributed by atoms with E-state index in [0.717, 1.165) is 70.5 Å². The molecule has 1 atom stereocenters. The van der Waals surface area contributed by atoms with Crippen LogP contribution < -0.4 is 15.4 Å². The summed E-state index contributed by atoms with van der Waals surface area (Å²) in [7, 11) is 0. The Bertz CT molecular complexity index is 1560. The summed E-state index contributed by atoms with van der Waals surface area (Å²) in [4.78, 5) is 13.8. The van der Waals surface area contributed by atoms with Crippen molar-refractivity contribution in [3.05, 3.63) is 84.4 Å². The highest BCUT2D eigenvalue weighted by molar-refractivity contribution is 5.95. The zero-order valence-corrected chi connectivity index (χ0v) is 21.0. The molecule has 5 aromatic rings. The molecule has 0 saturated carbocycles. The van der Waals surface area contributed by atoms with Gasteiger partial charge in [-0.15, -0.1) is 0 Å². The van der Waals surface area contributed by atoms with E-state index in [1.54, 1.807) is 12.4 Å². The van der Waals surface area contributed by atoms with Crippen LogP contribution in [0, 0.1) is 13.8 Å². The Hall–Kier alpha value is -4.30. The number of hydrogen-bond acceptors (Lipinski definition) is 7. The summed E-state index contributed by atoms with van der Waals surface area (Å²) in [6, 6.07) is 16.5. The Morgan fingerprint density at radius 3 is 2.78 bits per heavy atom. The Morgan fingerprint density at radius 2 is 1.95 bits per heavy atom. The van der Waals surface area contributed by atoms with Gasteiger partial charge in [0.2, 0.25) is 11.8 Å². The maximum absolute atomic E-state index is 6.56. The maximum Gasteiger partial charge on any atom is 0.228 e. The van der Waals surface area contributed by atoms with Crippen LogP contribution in [0.15, 0.2) is 73.3 Å². The average Bonchev–Trinajstić information content (AvgIpc) is 3.37. The molecule has 186 valence electrons. The van der Waals surface area contributed by atoms with E-state index in [1.807, 2.05) is 55.2 Å². The van der Waals surface area contributed by atoms with Crippen molar-refractivity contribution in [2.75, 3.05) is 18.4 Å². The minimum atomic E-state index is 0.319. The molecule has 0 aliphatic carbocycles. The molecule has 0 amide bonds. The van der Waals surface area contributed by atoms with E-state index in [0.29, 0.717) is 17.9 Å². The van der Waals surface area contributed by atoms with Crippen LogP contribution in [0.2, 0.25) is 0 Å². The first-order chi connectivity index (χ1) is 18.2. The average molecular weight is 492 g/mol. The molecule has 2 aromatic carbocycles. The number of benzene rings is 2. The van der Waals surface area contributed by atoms with E-state index in [2.05, 4.69) is 50.0 Å². The van der Waals surface area contributed by atoms with Gasteiger partial charge in [-0.1, -0.05) is 24.3 Å². The highest BCUT2D eigenvalue weighted by atomic mass is 16.5. The minimum Gasteiger partial charge on any atom is -0.437 e. The summed E-state index contributed by atoms with van der Waals surface area (Å²) in [6.07, 6.45) is 9.65. The van der Waals surface area contributed by atoms with Crippen molar-refractivity contribution in [1.29, 1.82) is 0 Å². The summed E-state index contributed by atoms with van der Waals surface area (Å²) in [5.74, 6) is 1.88. The lowest BCUT2D eigenvalue weighted by Gasteiger charge is -2.23. The van der Waals surface area contributed by atoms with Crippen molar-refractivity contribution in [2.24, 2.45) is 0 Å². The molecule has 6 rings (SSSR count). The standard InChI is InChI=1S/C29H29N7O/c1-19-16-33-36(18-19)26-9-3-7-23-22(26)11-10-20(2)27(23)37-28-24(8-5-14-31-28)25-12-15-32-29(35-25)34-21-6-4-13-30-17-21/h3,5,7-12,14-16,18,21,30H,4,6,13,17H2,1-2H3,(H,32,34,35)/t21-/m0/s1. The van der Waals surface area contributed by atoms with Crippen LogP contribution >= 0.6 is 0 Å². The fraction of sp³-hybridized carbons (Fsp3) is 0.241. The summed E-state index contributed by atoms with van der Waals surface area (Å²) < 4.78 is 8.47. The van der Waals surface area contributed by atoms with Crippen LogP contribution in [-0.2, 0) is 0 Å². The second-order valence-electron chi connectivity index (χ2n) is 9.46. The van der Waals surface area contributed by atoms with Crippen LogP contribution in [0.5, 0.6) is 11.6 Å². The van der Waals surface area contributed by atoms with E-state index in [4.69, 9.17) is 9.72 Å². The van der Waals surface area contributed by atoms with E-state index in [-0.39, 0.29) is 0 Å². The van der Waals surface area contributed by atoms with Gasteiger partial charge in [-0.25, -0.2) is 19.6 Å². The number of nitrogens with one attached hydrogen (secondary N) is 2. The minimum absolute atomic E-state index is 0.319. The zero-order chi connectivity index (χ0) is 25.2. The normalized spacial score (nSPS) is 15.6. The molecule has 1 aliphatic heterocycles. The lowest BCUT2D eigenvalue weighted by molar-refractivity contribution is 0.466. The fourth-order valence-electron chi connectivity index (χ4n) is 4.80. The number of aryl methyl sites for hydroxylation is 2. The topological polar surface area (TPSA) is 89.8 Å². The van der Waals surface area contributed by atoms with E-state index in [1.165, 1.54) is 0 Å². The molecule has 0 unspecified atom stereocenters. The Morgan fingerprint density at radius 1 is 1.00 bits per heavy atom. The second kappa shape index (κ2) is 9.99. The molecular weight excluding hydrogens is 462 g/mol. The summed E-state index contributed by atoms with van der Waals surface area (Å²) >= 11 is 0. The van der Waals surface area contributed by atoms with Crippen LogP contribution in [0.25, 0.3) is 27.7 Å². The Balaban J connectivity index is 1.37. The SMILES string of the molecule is Cc1cnn(-c2cccc3c(Oc4ncccc4-c4ccnc(N[C@H]5CCCNC5)n4)c(C)ccc23)c1. The maximum atomic E-state index is 6.56. The lowest BCUT2D eigenvalue weighted by atomic mass is 10.0. The van der Waals surface area contributed by atoms with E-state index < -0.39 is 0 Å². The van der Waals surface area contributed by atoms with Crippen molar-refractivity contribution >= 4 is 16.7 Å². The number of rotatable bonds is 6. The third kappa shape index (κ3) is 4.75. The Kier molecular flexibility index (Phi) is 6.24. The number of hydrogen-bond donors (Lipinski definition) is 2. The molecule has 1 fully saturated rings. The molecule has 8 nitrogen and oxygen atoms in total. The third-order valence-electron chi connectivity index (χ3n) is 6.68. The number of anilines is 1. The van der Waals surface area contributed by atoms with Crippen molar-refractivity contribution < 1.29 is 4.74 Å². The van der Waals surface area contributed by atoms with Crippen LogP contribution in [-0.4, -0.2) is 43.9 Å². The van der Waals surface area contributed by atoms with Crippen LogP contribution in [0.4, 0.5) is 5.95 Å². The third-order valence-corrected chi connectivity index (χ3v) is 6.68. The number of pyridine rings is 1. The first-order valence-corrected chi connectivity index (χ1v) is 12.6. The molecule has 0 radical (unpaired) electrons. The van der Waals surface area contributed by atoms with Crippen molar-refractivity contribution in [1.82, 2.24) is 30.0 Å². The molecule has 1 aliphatic rings. The van der Waals surface area contributed by atoms with Gasteiger partial charge in [0.05, 0.1) is 23.1 Å². The first kappa shape index (κ1) is 23.1. The van der Waals surface area contributed by atoms with E-state index >= 15 is 0 Å². The van der Waals surface area contributed by atoms with Gasteiger partial charge in [0.1, 0.15) is 5.75 Å². The van der Waals surface area contributed by atoms with E-state index in [9.17, 15) is 0 Å². The van der Waals surface area contributed by atoms with Gasteiger partial charge in [-0.2, -0.15) is 5.10 Å². The molecule has 0 spiro atoms. The van der Waals surface area contributed by atoms with Crippen molar-refractivity contribution in [3.8, 4) is 28.6 Å². The molecule has 1 saturated heterocycles. The smallest absolute Gasteiger partial charge is 0.228 e. The molecule has 8 heteroatoms. The highest BCUT2D eigenvalue weighted by Crippen LogP contribution is 2.38. The van der Waals surface area contributed by atoms with Gasteiger partial charge in [-0.3, -0.25) is 0 Å². The zero-order valence-electron chi connectivity index (χ0n) is 21.0. The van der Waals surface area contributed by atoms with Gasteiger partial charge < -0.3 is 15.4 Å². The number of nitrogens with zero attached hydrogens (tertiary/aromatic N) is 5. The predicted molar refractivity (Wildman–Crippen MR) is 145 cm³/mol. The lowest BCUT2D eigenvalue weighted by Crippen LogP contribution is -2.38. The summed E-state index contributed by atoms with van der Waals surface area (Å²) in [6.45, 7) is 6.06. The molecule has 3 aromatic heterocycles. The second-order valence-corrected chi connectivity index (χ2v) is 9.46. The largest absolute Gasteiger partial charge is 0.437 e. The van der Waals surface area contributed by atoms with Gasteiger partial charge in [0, 0.05) is 41.9 Å².